The summed E-state index contributed by atoms with van der Waals surface area (Å²) in [4.78, 5) is 23.1. The summed E-state index contributed by atoms with van der Waals surface area (Å²) in [6, 6.07) is 13.7. The fourth-order valence-electron chi connectivity index (χ4n) is 1.93. The Labute approximate surface area is 134 Å². The number of ether oxygens (including phenoxy) is 2. The maximum Gasteiger partial charge on any atom is 0.255 e. The molecule has 2 aromatic carbocycles. The van der Waals surface area contributed by atoms with Gasteiger partial charge in [0.2, 0.25) is 0 Å². The molecule has 6 heteroatoms. The van der Waals surface area contributed by atoms with E-state index < -0.39 is 5.91 Å². The molecule has 120 valence electrons. The molecule has 0 aliphatic rings. The SMILES string of the molecule is CCOc1ccccc1NC(=O)c1cccc(OCC(N)=O)c1. The summed E-state index contributed by atoms with van der Waals surface area (Å²) in [6.07, 6.45) is 0. The Morgan fingerprint density at radius 2 is 1.87 bits per heavy atom. The lowest BCUT2D eigenvalue weighted by molar-refractivity contribution is -0.119. The molecule has 2 amide bonds. The number of carbonyl (C=O) groups excluding carboxylic acids is 2. The number of primary amides is 1. The van der Waals surface area contributed by atoms with Crippen LogP contribution in [0.3, 0.4) is 0 Å². The maximum atomic E-state index is 12.3. The minimum absolute atomic E-state index is 0.238. The third-order valence-corrected chi connectivity index (χ3v) is 2.91. The molecule has 0 saturated heterocycles. The van der Waals surface area contributed by atoms with Gasteiger partial charge in [0, 0.05) is 5.56 Å². The van der Waals surface area contributed by atoms with Gasteiger partial charge in [-0.2, -0.15) is 0 Å². The molecule has 0 atom stereocenters. The van der Waals surface area contributed by atoms with E-state index in [1.807, 2.05) is 19.1 Å². The highest BCUT2D eigenvalue weighted by molar-refractivity contribution is 6.05. The average molecular weight is 314 g/mol. The van der Waals surface area contributed by atoms with E-state index >= 15 is 0 Å². The molecule has 2 rings (SSSR count). The molecule has 0 bridgehead atoms. The number of rotatable bonds is 7. The zero-order valence-electron chi connectivity index (χ0n) is 12.7. The van der Waals surface area contributed by atoms with Crippen molar-refractivity contribution in [3.05, 3.63) is 54.1 Å². The largest absolute Gasteiger partial charge is 0.492 e. The standard InChI is InChI=1S/C17H18N2O4/c1-2-22-15-9-4-3-8-14(15)19-17(21)12-6-5-7-13(10-12)23-11-16(18)20/h3-10H,2,11H2,1H3,(H2,18,20)(H,19,21). The van der Waals surface area contributed by atoms with Crippen LogP contribution in [0.25, 0.3) is 0 Å². The molecule has 0 unspecified atom stereocenters. The van der Waals surface area contributed by atoms with E-state index in [-0.39, 0.29) is 12.5 Å². The lowest BCUT2D eigenvalue weighted by Crippen LogP contribution is -2.20. The van der Waals surface area contributed by atoms with E-state index in [4.69, 9.17) is 15.2 Å². The molecular weight excluding hydrogens is 296 g/mol. The van der Waals surface area contributed by atoms with Crippen molar-refractivity contribution in [1.82, 2.24) is 0 Å². The lowest BCUT2D eigenvalue weighted by Gasteiger charge is -2.11. The van der Waals surface area contributed by atoms with Gasteiger partial charge in [0.05, 0.1) is 12.3 Å². The first-order valence-electron chi connectivity index (χ1n) is 7.14. The molecular formula is C17H18N2O4. The molecule has 6 nitrogen and oxygen atoms in total. The Kier molecular flexibility index (Phi) is 5.57. The van der Waals surface area contributed by atoms with Crippen LogP contribution in [-0.2, 0) is 4.79 Å². The molecule has 0 aliphatic carbocycles. The van der Waals surface area contributed by atoms with Gasteiger partial charge < -0.3 is 20.5 Å². The van der Waals surface area contributed by atoms with Crippen molar-refractivity contribution in [3.8, 4) is 11.5 Å². The molecule has 0 fully saturated rings. The highest BCUT2D eigenvalue weighted by Crippen LogP contribution is 2.24. The predicted octanol–water partition coefficient (Wildman–Crippen LogP) is 2.20. The summed E-state index contributed by atoms with van der Waals surface area (Å²) < 4.78 is 10.7. The first-order chi connectivity index (χ1) is 11.1. The fraction of sp³-hybridized carbons (Fsp3) is 0.176. The second kappa shape index (κ2) is 7.84. The Morgan fingerprint density at radius 1 is 1.09 bits per heavy atom. The van der Waals surface area contributed by atoms with Crippen molar-refractivity contribution in [2.75, 3.05) is 18.5 Å². The Balaban J connectivity index is 2.12. The smallest absolute Gasteiger partial charge is 0.255 e. The second-order valence-electron chi connectivity index (χ2n) is 4.67. The van der Waals surface area contributed by atoms with Gasteiger partial charge >= 0.3 is 0 Å². The van der Waals surface area contributed by atoms with Crippen LogP contribution in [0.1, 0.15) is 17.3 Å². The summed E-state index contributed by atoms with van der Waals surface area (Å²) >= 11 is 0. The van der Waals surface area contributed by atoms with E-state index in [1.165, 1.54) is 0 Å². The van der Waals surface area contributed by atoms with Crippen molar-refractivity contribution in [1.29, 1.82) is 0 Å². The molecule has 23 heavy (non-hydrogen) atoms. The van der Waals surface area contributed by atoms with Crippen LogP contribution < -0.4 is 20.5 Å². The number of amides is 2. The number of para-hydroxylation sites is 2. The Morgan fingerprint density at radius 3 is 2.61 bits per heavy atom. The van der Waals surface area contributed by atoms with E-state index in [0.29, 0.717) is 29.4 Å². The topological polar surface area (TPSA) is 90.7 Å². The number of hydrogen-bond donors (Lipinski definition) is 2. The van der Waals surface area contributed by atoms with Crippen LogP contribution in [-0.4, -0.2) is 25.0 Å². The van der Waals surface area contributed by atoms with Crippen molar-refractivity contribution in [2.45, 2.75) is 6.92 Å². The highest BCUT2D eigenvalue weighted by atomic mass is 16.5. The molecule has 0 saturated carbocycles. The van der Waals surface area contributed by atoms with Gasteiger partial charge in [-0.05, 0) is 37.3 Å². The number of carbonyl (C=O) groups is 2. The van der Waals surface area contributed by atoms with Gasteiger partial charge in [0.25, 0.3) is 11.8 Å². The van der Waals surface area contributed by atoms with Crippen molar-refractivity contribution < 1.29 is 19.1 Å². The van der Waals surface area contributed by atoms with Gasteiger partial charge in [-0.1, -0.05) is 18.2 Å². The Bertz CT molecular complexity index is 700. The lowest BCUT2D eigenvalue weighted by atomic mass is 10.2. The average Bonchev–Trinajstić information content (AvgIpc) is 2.55. The monoisotopic (exact) mass is 314 g/mol. The van der Waals surface area contributed by atoms with Crippen LogP contribution >= 0.6 is 0 Å². The molecule has 3 N–H and O–H groups in total. The number of hydrogen-bond acceptors (Lipinski definition) is 4. The molecule has 0 aliphatic heterocycles. The number of benzene rings is 2. The third-order valence-electron chi connectivity index (χ3n) is 2.91. The van der Waals surface area contributed by atoms with Crippen LogP contribution in [0.15, 0.2) is 48.5 Å². The molecule has 0 heterocycles. The highest BCUT2D eigenvalue weighted by Gasteiger charge is 2.10. The first kappa shape index (κ1) is 16.4. The maximum absolute atomic E-state index is 12.3. The zero-order chi connectivity index (χ0) is 16.7. The van der Waals surface area contributed by atoms with E-state index in [9.17, 15) is 9.59 Å². The molecule has 0 radical (unpaired) electrons. The molecule has 0 spiro atoms. The Hall–Kier alpha value is -3.02. The summed E-state index contributed by atoms with van der Waals surface area (Å²) in [5.41, 5.74) is 6.02. The van der Waals surface area contributed by atoms with E-state index in [2.05, 4.69) is 5.32 Å². The number of nitrogens with one attached hydrogen (secondary N) is 1. The van der Waals surface area contributed by atoms with Gasteiger partial charge in [-0.25, -0.2) is 0 Å². The normalized spacial score (nSPS) is 9.96. The van der Waals surface area contributed by atoms with Gasteiger partial charge in [0.15, 0.2) is 6.61 Å². The minimum Gasteiger partial charge on any atom is -0.492 e. The summed E-state index contributed by atoms with van der Waals surface area (Å²) in [7, 11) is 0. The van der Waals surface area contributed by atoms with Crippen LogP contribution in [0.5, 0.6) is 11.5 Å². The van der Waals surface area contributed by atoms with Gasteiger partial charge in [-0.15, -0.1) is 0 Å². The minimum atomic E-state index is -0.578. The second-order valence-corrected chi connectivity index (χ2v) is 4.67. The fourth-order valence-corrected chi connectivity index (χ4v) is 1.93. The summed E-state index contributed by atoms with van der Waals surface area (Å²) in [5.74, 6) is 0.117. The number of anilines is 1. The van der Waals surface area contributed by atoms with Gasteiger partial charge in [-0.3, -0.25) is 9.59 Å². The number of nitrogens with two attached hydrogens (primary N) is 1. The van der Waals surface area contributed by atoms with Crippen molar-refractivity contribution in [2.24, 2.45) is 5.73 Å². The van der Waals surface area contributed by atoms with Crippen LogP contribution in [0.2, 0.25) is 0 Å². The molecule has 2 aromatic rings. The van der Waals surface area contributed by atoms with E-state index in [1.54, 1.807) is 36.4 Å². The van der Waals surface area contributed by atoms with Crippen molar-refractivity contribution in [3.63, 3.8) is 0 Å². The third kappa shape index (κ3) is 4.74. The summed E-state index contributed by atoms with van der Waals surface area (Å²) in [6.45, 7) is 2.14. The summed E-state index contributed by atoms with van der Waals surface area (Å²) in [5, 5.41) is 2.79. The van der Waals surface area contributed by atoms with Crippen LogP contribution in [0.4, 0.5) is 5.69 Å². The van der Waals surface area contributed by atoms with Crippen molar-refractivity contribution >= 4 is 17.5 Å². The van der Waals surface area contributed by atoms with Gasteiger partial charge in [0.1, 0.15) is 11.5 Å². The first-order valence-corrected chi connectivity index (χ1v) is 7.14. The quantitative estimate of drug-likeness (QED) is 0.819. The molecule has 0 aromatic heterocycles. The zero-order valence-corrected chi connectivity index (χ0v) is 12.7. The van der Waals surface area contributed by atoms with Crippen LogP contribution in [0, 0.1) is 0 Å². The predicted molar refractivity (Wildman–Crippen MR) is 86.7 cm³/mol. The van der Waals surface area contributed by atoms with E-state index in [0.717, 1.165) is 0 Å².